The Morgan fingerprint density at radius 3 is 2.74 bits per heavy atom. The molecule has 0 unspecified atom stereocenters. The highest BCUT2D eigenvalue weighted by Gasteiger charge is 2.16. The van der Waals surface area contributed by atoms with Crippen LogP contribution in [0.5, 0.6) is 11.5 Å². The Morgan fingerprint density at radius 1 is 1.19 bits per heavy atom. The topological polar surface area (TPSA) is 68.0 Å². The minimum absolute atomic E-state index is 0.498. The van der Waals surface area contributed by atoms with E-state index in [0.717, 1.165) is 41.7 Å². The summed E-state index contributed by atoms with van der Waals surface area (Å²) in [5.41, 5.74) is 1.02. The summed E-state index contributed by atoms with van der Waals surface area (Å²) in [5, 5.41) is 7.00. The van der Waals surface area contributed by atoms with Gasteiger partial charge in [0, 0.05) is 30.6 Å². The van der Waals surface area contributed by atoms with Crippen molar-refractivity contribution in [3.8, 4) is 11.5 Å². The fraction of sp³-hybridized carbons (Fsp3) is 0.476. The average molecular weight is 371 g/mol. The molecule has 2 aromatic rings. The predicted molar refractivity (Wildman–Crippen MR) is 106 cm³/mol. The highest BCUT2D eigenvalue weighted by molar-refractivity contribution is 5.80. The monoisotopic (exact) mass is 371 g/mol. The van der Waals surface area contributed by atoms with Crippen LogP contribution in [0.2, 0.25) is 0 Å². The minimum atomic E-state index is 0.498. The maximum atomic E-state index is 5.48. The first-order chi connectivity index (χ1) is 13.3. The number of benzene rings is 1. The van der Waals surface area contributed by atoms with Crippen LogP contribution in [0.4, 0.5) is 0 Å². The fourth-order valence-electron chi connectivity index (χ4n) is 3.32. The molecule has 0 bridgehead atoms. The number of aliphatic imine (C=N–C) groups is 1. The molecule has 6 nitrogen and oxygen atoms in total. The van der Waals surface area contributed by atoms with E-state index >= 15 is 0 Å². The lowest BCUT2D eigenvalue weighted by molar-refractivity contribution is 0.391. The van der Waals surface area contributed by atoms with Crippen molar-refractivity contribution in [3.63, 3.8) is 0 Å². The third-order valence-electron chi connectivity index (χ3n) is 4.84. The van der Waals surface area contributed by atoms with E-state index in [2.05, 4.69) is 10.6 Å². The molecule has 6 heteroatoms. The summed E-state index contributed by atoms with van der Waals surface area (Å²) in [7, 11) is 3.32. The molecule has 2 N–H and O–H groups in total. The van der Waals surface area contributed by atoms with Crippen LogP contribution in [0, 0.1) is 0 Å². The second-order valence-corrected chi connectivity index (χ2v) is 6.72. The second kappa shape index (κ2) is 9.90. The van der Waals surface area contributed by atoms with Crippen LogP contribution in [0.15, 0.2) is 46.0 Å². The van der Waals surface area contributed by atoms with Crippen molar-refractivity contribution in [2.75, 3.05) is 20.8 Å². The summed E-state index contributed by atoms with van der Waals surface area (Å²) in [6.07, 6.45) is 7.49. The van der Waals surface area contributed by atoms with Crippen LogP contribution in [0.25, 0.3) is 0 Å². The molecule has 0 aliphatic heterocycles. The summed E-state index contributed by atoms with van der Waals surface area (Å²) in [4.78, 5) is 4.78. The lowest BCUT2D eigenvalue weighted by Gasteiger charge is -2.17. The molecule has 1 saturated carbocycles. The lowest BCUT2D eigenvalue weighted by atomic mass is 10.2. The van der Waals surface area contributed by atoms with Crippen molar-refractivity contribution in [1.29, 1.82) is 0 Å². The van der Waals surface area contributed by atoms with Gasteiger partial charge >= 0.3 is 0 Å². The Balaban J connectivity index is 1.64. The van der Waals surface area contributed by atoms with Crippen molar-refractivity contribution in [3.05, 3.63) is 47.9 Å². The van der Waals surface area contributed by atoms with Gasteiger partial charge in [0.1, 0.15) is 17.3 Å². The molecule has 3 rings (SSSR count). The highest BCUT2D eigenvalue weighted by Crippen LogP contribution is 2.25. The molecule has 1 aliphatic rings. The summed E-state index contributed by atoms with van der Waals surface area (Å²) in [6, 6.07) is 10.2. The number of nitrogens with zero attached hydrogens (tertiary/aromatic N) is 1. The van der Waals surface area contributed by atoms with Gasteiger partial charge in [-0.15, -0.1) is 0 Å². The predicted octanol–water partition coefficient (Wildman–Crippen LogP) is 3.52. The summed E-state index contributed by atoms with van der Waals surface area (Å²) in [5.74, 6) is 3.38. The van der Waals surface area contributed by atoms with Crippen molar-refractivity contribution in [1.82, 2.24) is 10.6 Å². The number of furan rings is 1. The average Bonchev–Trinajstić information content (AvgIpc) is 3.40. The van der Waals surface area contributed by atoms with E-state index in [-0.39, 0.29) is 0 Å². The molecule has 1 heterocycles. The van der Waals surface area contributed by atoms with Crippen LogP contribution in [-0.2, 0) is 13.0 Å². The van der Waals surface area contributed by atoms with Crippen LogP contribution < -0.4 is 20.1 Å². The zero-order chi connectivity index (χ0) is 18.9. The Kier molecular flexibility index (Phi) is 7.02. The van der Waals surface area contributed by atoms with E-state index in [4.69, 9.17) is 18.9 Å². The van der Waals surface area contributed by atoms with Crippen LogP contribution in [0.1, 0.15) is 37.0 Å². The third kappa shape index (κ3) is 5.67. The normalized spacial score (nSPS) is 15.0. The van der Waals surface area contributed by atoms with Crippen LogP contribution >= 0.6 is 0 Å². The molecule has 1 aromatic carbocycles. The number of guanidine groups is 1. The molecule has 27 heavy (non-hydrogen) atoms. The van der Waals surface area contributed by atoms with Gasteiger partial charge in [-0.3, -0.25) is 0 Å². The fourth-order valence-corrected chi connectivity index (χ4v) is 3.32. The van der Waals surface area contributed by atoms with Gasteiger partial charge in [0.25, 0.3) is 0 Å². The maximum absolute atomic E-state index is 5.48. The first-order valence-corrected chi connectivity index (χ1v) is 9.56. The largest absolute Gasteiger partial charge is 0.497 e. The quantitative estimate of drug-likeness (QED) is 0.549. The Bertz CT molecular complexity index is 722. The van der Waals surface area contributed by atoms with E-state index in [0.29, 0.717) is 12.6 Å². The molecule has 0 radical (unpaired) electrons. The van der Waals surface area contributed by atoms with E-state index in [1.165, 1.54) is 25.7 Å². The molecule has 146 valence electrons. The van der Waals surface area contributed by atoms with E-state index < -0.39 is 0 Å². The zero-order valence-corrected chi connectivity index (χ0v) is 16.2. The maximum Gasteiger partial charge on any atom is 0.191 e. The van der Waals surface area contributed by atoms with Gasteiger partial charge in [-0.25, -0.2) is 4.99 Å². The molecule has 0 saturated heterocycles. The molecule has 1 aromatic heterocycles. The van der Waals surface area contributed by atoms with E-state index in [1.807, 2.05) is 30.3 Å². The van der Waals surface area contributed by atoms with Gasteiger partial charge in [-0.1, -0.05) is 12.8 Å². The molecular formula is C21H29N3O3. The Hall–Kier alpha value is -2.63. The van der Waals surface area contributed by atoms with Gasteiger partial charge in [0.2, 0.25) is 0 Å². The van der Waals surface area contributed by atoms with Gasteiger partial charge in [-0.05, 0) is 37.1 Å². The van der Waals surface area contributed by atoms with Crippen LogP contribution in [-0.4, -0.2) is 32.8 Å². The van der Waals surface area contributed by atoms with Gasteiger partial charge in [0.05, 0.1) is 27.0 Å². The number of methoxy groups -OCH3 is 2. The molecule has 0 amide bonds. The van der Waals surface area contributed by atoms with Crippen molar-refractivity contribution in [2.24, 2.45) is 4.99 Å². The Labute approximate surface area is 161 Å². The van der Waals surface area contributed by atoms with Crippen LogP contribution in [0.3, 0.4) is 0 Å². The molecule has 1 aliphatic carbocycles. The van der Waals surface area contributed by atoms with Gasteiger partial charge < -0.3 is 24.5 Å². The number of hydrogen-bond acceptors (Lipinski definition) is 4. The minimum Gasteiger partial charge on any atom is -0.497 e. The zero-order valence-electron chi connectivity index (χ0n) is 16.2. The summed E-state index contributed by atoms with van der Waals surface area (Å²) >= 11 is 0. The van der Waals surface area contributed by atoms with Gasteiger partial charge in [0.15, 0.2) is 5.96 Å². The highest BCUT2D eigenvalue weighted by atomic mass is 16.5. The summed E-state index contributed by atoms with van der Waals surface area (Å²) < 4.78 is 16.1. The molecule has 0 spiro atoms. The number of hydrogen-bond donors (Lipinski definition) is 2. The van der Waals surface area contributed by atoms with E-state index in [9.17, 15) is 0 Å². The first-order valence-electron chi connectivity index (χ1n) is 9.56. The smallest absolute Gasteiger partial charge is 0.191 e. The van der Waals surface area contributed by atoms with Gasteiger partial charge in [-0.2, -0.15) is 0 Å². The lowest BCUT2D eigenvalue weighted by Crippen LogP contribution is -2.43. The molecule has 1 fully saturated rings. The Morgan fingerprint density at radius 2 is 2.04 bits per heavy atom. The second-order valence-electron chi connectivity index (χ2n) is 6.72. The molecule has 0 atom stereocenters. The third-order valence-corrected chi connectivity index (χ3v) is 4.84. The van der Waals surface area contributed by atoms with Crippen molar-refractivity contribution >= 4 is 5.96 Å². The SMILES string of the molecule is COc1ccc(CN=C(NCCc2ccco2)NC2CCCC2)c(OC)c1. The summed E-state index contributed by atoms with van der Waals surface area (Å²) in [6.45, 7) is 1.31. The standard InChI is InChI=1S/C21H29N3O3/c1-25-19-10-9-16(20(14-19)26-2)15-23-21(24-17-6-3-4-7-17)22-12-11-18-8-5-13-27-18/h5,8-10,13-14,17H,3-4,6-7,11-12,15H2,1-2H3,(H2,22,23,24). The molecular weight excluding hydrogens is 342 g/mol. The number of ether oxygens (including phenoxy) is 2. The van der Waals surface area contributed by atoms with Crippen molar-refractivity contribution in [2.45, 2.75) is 44.7 Å². The first kappa shape index (κ1) is 19.1. The number of nitrogens with one attached hydrogen (secondary N) is 2. The number of rotatable bonds is 8. The van der Waals surface area contributed by atoms with E-state index in [1.54, 1.807) is 20.5 Å². The van der Waals surface area contributed by atoms with Crippen molar-refractivity contribution < 1.29 is 13.9 Å².